The van der Waals surface area contributed by atoms with Crippen LogP contribution in [-0.2, 0) is 0 Å². The lowest BCUT2D eigenvalue weighted by atomic mass is 9.78. The van der Waals surface area contributed by atoms with Gasteiger partial charge in [0, 0.05) is 43.0 Å². The number of carbonyl (C=O) groups is 1. The van der Waals surface area contributed by atoms with E-state index in [1.165, 1.54) is 39.1 Å². The zero-order chi connectivity index (χ0) is 24.9. The fraction of sp³-hybridized carbons (Fsp3) is 0.387. The number of nitrogens with zero attached hydrogens (tertiary/aromatic N) is 2. The Labute approximate surface area is 209 Å². The highest BCUT2D eigenvalue weighted by atomic mass is 16.5. The van der Waals surface area contributed by atoms with Crippen LogP contribution in [0.2, 0.25) is 0 Å². The van der Waals surface area contributed by atoms with Gasteiger partial charge in [0.2, 0.25) is 0 Å². The molecule has 3 aromatic rings. The van der Waals surface area contributed by atoms with Gasteiger partial charge in [-0.15, -0.1) is 0 Å². The molecule has 0 aromatic heterocycles. The predicted molar refractivity (Wildman–Crippen MR) is 143 cm³/mol. The number of amides is 1. The van der Waals surface area contributed by atoms with Crippen LogP contribution in [0.3, 0.4) is 0 Å². The Hall–Kier alpha value is -3.27. The quantitative estimate of drug-likeness (QED) is 0.460. The van der Waals surface area contributed by atoms with Gasteiger partial charge in [0.1, 0.15) is 11.4 Å². The first-order chi connectivity index (χ1) is 16.7. The van der Waals surface area contributed by atoms with Crippen LogP contribution < -0.4 is 9.64 Å². The summed E-state index contributed by atoms with van der Waals surface area (Å²) in [5, 5.41) is 0. The van der Waals surface area contributed by atoms with Crippen LogP contribution in [0.15, 0.2) is 54.6 Å². The molecule has 1 fully saturated rings. The monoisotopic (exact) mass is 468 g/mol. The van der Waals surface area contributed by atoms with E-state index < -0.39 is 0 Å². The summed E-state index contributed by atoms with van der Waals surface area (Å²) >= 11 is 0. The molecule has 1 amide bonds. The third kappa shape index (κ3) is 3.99. The first kappa shape index (κ1) is 23.5. The molecule has 3 aromatic carbocycles. The first-order valence-corrected chi connectivity index (χ1v) is 12.7. The average Bonchev–Trinajstić information content (AvgIpc) is 3.15. The number of benzene rings is 3. The van der Waals surface area contributed by atoms with Gasteiger partial charge in [-0.05, 0) is 75.9 Å². The smallest absolute Gasteiger partial charge is 0.253 e. The molecule has 4 heteroatoms. The first-order valence-electron chi connectivity index (χ1n) is 12.7. The van der Waals surface area contributed by atoms with Gasteiger partial charge in [-0.2, -0.15) is 0 Å². The number of ether oxygens (including phenoxy) is 1. The van der Waals surface area contributed by atoms with Gasteiger partial charge in [0.15, 0.2) is 0 Å². The van der Waals surface area contributed by atoms with E-state index in [1.54, 1.807) is 0 Å². The Morgan fingerprint density at radius 2 is 1.46 bits per heavy atom. The molecular formula is C31H36N2O2. The molecule has 0 N–H and O–H groups in total. The molecule has 0 bridgehead atoms. The van der Waals surface area contributed by atoms with Gasteiger partial charge in [-0.1, -0.05) is 48.0 Å². The summed E-state index contributed by atoms with van der Waals surface area (Å²) in [6, 6.07) is 18.5. The van der Waals surface area contributed by atoms with Crippen molar-refractivity contribution in [2.45, 2.75) is 53.1 Å². The van der Waals surface area contributed by atoms with Crippen molar-refractivity contribution in [2.24, 2.45) is 0 Å². The summed E-state index contributed by atoms with van der Waals surface area (Å²) in [6.45, 7) is 16.3. The number of piperazine rings is 1. The standard InChI is InChI=1S/C31H36N2O2/c1-20-12-14-24(15-13-20)27-26-23(4)28(21(2)22(3)29(26)35-31(27,5)6)32-16-18-33(19-17-32)30(34)25-10-8-7-9-11-25/h7-15,27H,16-19H2,1-6H3. The number of anilines is 1. The fourth-order valence-corrected chi connectivity index (χ4v) is 5.98. The predicted octanol–water partition coefficient (Wildman–Crippen LogP) is 6.19. The van der Waals surface area contributed by atoms with Crippen molar-refractivity contribution in [1.29, 1.82) is 0 Å². The fourth-order valence-electron chi connectivity index (χ4n) is 5.98. The van der Waals surface area contributed by atoms with Crippen molar-refractivity contribution in [3.8, 4) is 5.75 Å². The molecule has 0 spiro atoms. The minimum absolute atomic E-state index is 0.124. The molecule has 1 atom stereocenters. The molecule has 0 aliphatic carbocycles. The van der Waals surface area contributed by atoms with E-state index in [9.17, 15) is 4.79 Å². The van der Waals surface area contributed by atoms with E-state index in [0.717, 1.165) is 37.5 Å². The van der Waals surface area contributed by atoms with Crippen LogP contribution in [0.25, 0.3) is 0 Å². The normalized spacial score (nSPS) is 18.9. The van der Waals surface area contributed by atoms with Crippen LogP contribution in [0.1, 0.15) is 63.5 Å². The van der Waals surface area contributed by atoms with Crippen molar-refractivity contribution >= 4 is 11.6 Å². The Balaban J connectivity index is 1.48. The third-order valence-electron chi connectivity index (χ3n) is 7.93. The number of aryl methyl sites for hydroxylation is 1. The molecule has 0 radical (unpaired) electrons. The van der Waals surface area contributed by atoms with Crippen LogP contribution in [0.4, 0.5) is 5.69 Å². The Kier molecular flexibility index (Phi) is 5.86. The van der Waals surface area contributed by atoms with Crippen molar-refractivity contribution < 1.29 is 9.53 Å². The van der Waals surface area contributed by atoms with Crippen molar-refractivity contribution in [1.82, 2.24) is 4.90 Å². The summed E-state index contributed by atoms with van der Waals surface area (Å²) in [7, 11) is 0. The highest BCUT2D eigenvalue weighted by molar-refractivity contribution is 5.94. The van der Waals surface area contributed by atoms with Crippen molar-refractivity contribution in [3.63, 3.8) is 0 Å². The highest BCUT2D eigenvalue weighted by Crippen LogP contribution is 2.54. The maximum absolute atomic E-state index is 13.0. The summed E-state index contributed by atoms with van der Waals surface area (Å²) < 4.78 is 6.65. The van der Waals surface area contributed by atoms with E-state index in [1.807, 2.05) is 35.2 Å². The largest absolute Gasteiger partial charge is 0.486 e. The molecule has 0 saturated carbocycles. The van der Waals surface area contributed by atoms with Gasteiger partial charge in [0.25, 0.3) is 5.91 Å². The number of hydrogen-bond acceptors (Lipinski definition) is 3. The SMILES string of the molecule is Cc1ccc(C2c3c(C)c(N4CCN(C(=O)c5ccccc5)CC4)c(C)c(C)c3OC2(C)C)cc1. The number of rotatable bonds is 3. The van der Waals surface area contributed by atoms with Gasteiger partial charge >= 0.3 is 0 Å². The van der Waals surface area contributed by atoms with E-state index in [-0.39, 0.29) is 17.4 Å². The third-order valence-corrected chi connectivity index (χ3v) is 7.93. The Bertz CT molecular complexity index is 1250. The summed E-state index contributed by atoms with van der Waals surface area (Å²) in [4.78, 5) is 17.4. The lowest BCUT2D eigenvalue weighted by Gasteiger charge is -2.38. The zero-order valence-corrected chi connectivity index (χ0v) is 21.8. The second kappa shape index (κ2) is 8.75. The van der Waals surface area contributed by atoms with Gasteiger partial charge in [-0.3, -0.25) is 4.79 Å². The molecule has 2 aliphatic rings. The maximum Gasteiger partial charge on any atom is 0.253 e. The number of carbonyl (C=O) groups excluding carboxylic acids is 1. The summed E-state index contributed by atoms with van der Waals surface area (Å²) in [5.41, 5.74) is 9.46. The summed E-state index contributed by atoms with van der Waals surface area (Å²) in [5.74, 6) is 1.35. The second-order valence-corrected chi connectivity index (χ2v) is 10.7. The van der Waals surface area contributed by atoms with Crippen molar-refractivity contribution in [3.05, 3.63) is 93.5 Å². The van der Waals surface area contributed by atoms with Crippen LogP contribution in [0.5, 0.6) is 5.75 Å². The minimum Gasteiger partial charge on any atom is -0.486 e. The molecular weight excluding hydrogens is 432 g/mol. The minimum atomic E-state index is -0.320. The molecule has 5 rings (SSSR count). The lowest BCUT2D eigenvalue weighted by Crippen LogP contribution is -2.49. The van der Waals surface area contributed by atoms with E-state index in [4.69, 9.17) is 4.74 Å². The lowest BCUT2D eigenvalue weighted by molar-refractivity contribution is 0.0746. The van der Waals surface area contributed by atoms with E-state index in [0.29, 0.717) is 0 Å². The van der Waals surface area contributed by atoms with Gasteiger partial charge in [0.05, 0.1) is 5.92 Å². The van der Waals surface area contributed by atoms with Crippen LogP contribution >= 0.6 is 0 Å². The Morgan fingerprint density at radius 3 is 2.09 bits per heavy atom. The van der Waals surface area contributed by atoms with Crippen molar-refractivity contribution in [2.75, 3.05) is 31.1 Å². The Morgan fingerprint density at radius 1 is 0.829 bits per heavy atom. The molecule has 4 nitrogen and oxygen atoms in total. The molecule has 2 heterocycles. The van der Waals surface area contributed by atoms with Gasteiger partial charge in [-0.25, -0.2) is 0 Å². The topological polar surface area (TPSA) is 32.8 Å². The molecule has 1 saturated heterocycles. The van der Waals surface area contributed by atoms with Gasteiger partial charge < -0.3 is 14.5 Å². The maximum atomic E-state index is 13.0. The molecule has 182 valence electrons. The van der Waals surface area contributed by atoms with Crippen LogP contribution in [0, 0.1) is 27.7 Å². The molecule has 1 unspecified atom stereocenters. The molecule has 2 aliphatic heterocycles. The van der Waals surface area contributed by atoms with E-state index >= 15 is 0 Å². The molecule has 35 heavy (non-hydrogen) atoms. The summed E-state index contributed by atoms with van der Waals surface area (Å²) in [6.07, 6.45) is 0. The number of hydrogen-bond donors (Lipinski definition) is 0. The van der Waals surface area contributed by atoms with E-state index in [2.05, 4.69) is 70.7 Å². The second-order valence-electron chi connectivity index (χ2n) is 10.7. The van der Waals surface area contributed by atoms with Crippen LogP contribution in [-0.4, -0.2) is 42.6 Å². The highest BCUT2D eigenvalue weighted by Gasteiger charge is 2.45. The number of fused-ring (bicyclic) bond motifs is 1. The average molecular weight is 469 g/mol. The zero-order valence-electron chi connectivity index (χ0n) is 21.8.